The van der Waals surface area contributed by atoms with Crippen LogP contribution in [-0.2, 0) is 9.59 Å². The molecule has 2 saturated carbocycles. The van der Waals surface area contributed by atoms with E-state index in [0.29, 0.717) is 0 Å². The molecule has 1 aromatic carbocycles. The Morgan fingerprint density at radius 3 is 2.04 bits per heavy atom. The highest BCUT2D eigenvalue weighted by molar-refractivity contribution is 5.96. The maximum absolute atomic E-state index is 12.9. The average molecular weight is 326 g/mol. The number of aliphatic carboxylic acids is 1. The predicted molar refractivity (Wildman–Crippen MR) is 91.1 cm³/mol. The molecule has 1 N–H and O–H groups in total. The molecule has 128 valence electrons. The number of nitrogens with one attached hydrogen (secondary N) is 1. The van der Waals surface area contributed by atoms with Crippen LogP contribution in [0.1, 0.15) is 37.8 Å². The van der Waals surface area contributed by atoms with Crippen LogP contribution in [-0.4, -0.2) is 11.9 Å². The minimum Gasteiger partial charge on any atom is -0.550 e. The van der Waals surface area contributed by atoms with E-state index < -0.39 is 17.8 Å². The number of amides is 1. The molecule has 0 spiro atoms. The van der Waals surface area contributed by atoms with Crippen molar-refractivity contribution in [3.8, 4) is 0 Å². The molecule has 2 bridgehead atoms. The molecule has 1 amide bonds. The smallest absolute Gasteiger partial charge is 0.228 e. The van der Waals surface area contributed by atoms with Gasteiger partial charge in [-0.1, -0.05) is 17.2 Å². The first-order valence-corrected chi connectivity index (χ1v) is 8.57. The Morgan fingerprint density at radius 2 is 1.54 bits per heavy atom. The van der Waals surface area contributed by atoms with Crippen LogP contribution in [0.3, 0.4) is 0 Å². The summed E-state index contributed by atoms with van der Waals surface area (Å²) in [5.74, 6) is -2.53. The highest BCUT2D eigenvalue weighted by Gasteiger charge is 2.54. The van der Waals surface area contributed by atoms with Gasteiger partial charge in [0.05, 0.1) is 5.92 Å². The second kappa shape index (κ2) is 6.08. The molecule has 4 nitrogen and oxygen atoms in total. The molecule has 0 heterocycles. The number of hydrogen-bond acceptors (Lipinski definition) is 3. The van der Waals surface area contributed by atoms with E-state index in [0.717, 1.165) is 35.2 Å². The number of carbonyl (C=O) groups is 2. The quantitative estimate of drug-likeness (QED) is 0.868. The number of fused-ring (bicyclic) bond motifs is 2. The summed E-state index contributed by atoms with van der Waals surface area (Å²) in [6, 6.07) is 5.86. The van der Waals surface area contributed by atoms with Gasteiger partial charge in [0.15, 0.2) is 0 Å². The van der Waals surface area contributed by atoms with E-state index in [4.69, 9.17) is 0 Å². The number of carboxylic acid groups (broad SMARTS) is 1. The number of carboxylic acids is 1. The third-order valence-corrected chi connectivity index (χ3v) is 5.48. The van der Waals surface area contributed by atoms with Gasteiger partial charge in [0.1, 0.15) is 0 Å². The largest absolute Gasteiger partial charge is 0.550 e. The van der Waals surface area contributed by atoms with Gasteiger partial charge in [0.25, 0.3) is 0 Å². The molecule has 0 aliphatic heterocycles. The first-order valence-electron chi connectivity index (χ1n) is 8.57. The van der Waals surface area contributed by atoms with Crippen molar-refractivity contribution in [1.82, 2.24) is 0 Å². The Labute approximate surface area is 143 Å². The van der Waals surface area contributed by atoms with Crippen LogP contribution in [0.15, 0.2) is 29.3 Å². The summed E-state index contributed by atoms with van der Waals surface area (Å²) >= 11 is 0. The molecule has 0 saturated heterocycles. The third kappa shape index (κ3) is 2.74. The minimum atomic E-state index is -1.10. The highest BCUT2D eigenvalue weighted by atomic mass is 16.4. The predicted octanol–water partition coefficient (Wildman–Crippen LogP) is 2.60. The van der Waals surface area contributed by atoms with Gasteiger partial charge in [0, 0.05) is 17.6 Å². The lowest BCUT2D eigenvalue weighted by molar-refractivity contribution is -0.314. The van der Waals surface area contributed by atoms with Gasteiger partial charge < -0.3 is 15.2 Å². The van der Waals surface area contributed by atoms with Crippen molar-refractivity contribution in [2.45, 2.75) is 40.5 Å². The van der Waals surface area contributed by atoms with Crippen LogP contribution in [0.25, 0.3) is 0 Å². The summed E-state index contributed by atoms with van der Waals surface area (Å²) in [5.41, 5.74) is 5.19. The van der Waals surface area contributed by atoms with Crippen molar-refractivity contribution in [2.75, 3.05) is 5.32 Å². The first-order chi connectivity index (χ1) is 11.3. The molecule has 2 fully saturated rings. The normalized spacial score (nSPS) is 28.1. The van der Waals surface area contributed by atoms with Crippen molar-refractivity contribution < 1.29 is 14.7 Å². The van der Waals surface area contributed by atoms with E-state index in [1.807, 2.05) is 45.9 Å². The highest BCUT2D eigenvalue weighted by Crippen LogP contribution is 2.57. The van der Waals surface area contributed by atoms with Crippen molar-refractivity contribution in [3.63, 3.8) is 0 Å². The number of rotatable bonds is 3. The number of benzene rings is 1. The molecule has 1 aromatic rings. The van der Waals surface area contributed by atoms with Crippen molar-refractivity contribution >= 4 is 17.6 Å². The second-order valence-corrected chi connectivity index (χ2v) is 7.48. The van der Waals surface area contributed by atoms with Crippen LogP contribution < -0.4 is 10.4 Å². The topological polar surface area (TPSA) is 69.2 Å². The van der Waals surface area contributed by atoms with Crippen molar-refractivity contribution in [1.29, 1.82) is 0 Å². The van der Waals surface area contributed by atoms with E-state index in [1.165, 1.54) is 5.57 Å². The van der Waals surface area contributed by atoms with Crippen LogP contribution >= 0.6 is 0 Å². The number of allylic oxidation sites excluding steroid dienone is 2. The van der Waals surface area contributed by atoms with Crippen LogP contribution in [0.4, 0.5) is 5.69 Å². The fourth-order valence-corrected chi connectivity index (χ4v) is 4.86. The average Bonchev–Trinajstić information content (AvgIpc) is 3.01. The molecular formula is C20H24NO3-. The number of aryl methyl sites for hydroxylation is 2. The lowest BCUT2D eigenvalue weighted by atomic mass is 9.78. The van der Waals surface area contributed by atoms with Gasteiger partial charge in [-0.2, -0.15) is 0 Å². The minimum absolute atomic E-state index is 0.0359. The lowest BCUT2D eigenvalue weighted by Gasteiger charge is -2.30. The fraction of sp³-hybridized carbons (Fsp3) is 0.500. The summed E-state index contributed by atoms with van der Waals surface area (Å²) in [5, 5.41) is 14.7. The Balaban J connectivity index is 1.91. The zero-order valence-electron chi connectivity index (χ0n) is 14.7. The molecule has 2 aliphatic carbocycles. The molecule has 3 rings (SSSR count). The summed E-state index contributed by atoms with van der Waals surface area (Å²) in [6.45, 7) is 7.98. The monoisotopic (exact) mass is 326 g/mol. The van der Waals surface area contributed by atoms with Gasteiger partial charge in [-0.3, -0.25) is 4.79 Å². The molecular weight excluding hydrogens is 302 g/mol. The number of hydrogen-bond donors (Lipinski definition) is 1. The van der Waals surface area contributed by atoms with Crippen molar-refractivity contribution in [2.24, 2.45) is 23.7 Å². The second-order valence-electron chi connectivity index (χ2n) is 7.48. The fourth-order valence-electron chi connectivity index (χ4n) is 4.86. The lowest BCUT2D eigenvalue weighted by Crippen LogP contribution is -2.43. The van der Waals surface area contributed by atoms with E-state index in [-0.39, 0.29) is 17.7 Å². The van der Waals surface area contributed by atoms with E-state index >= 15 is 0 Å². The zero-order chi connectivity index (χ0) is 17.6. The Morgan fingerprint density at radius 1 is 1.00 bits per heavy atom. The SMILES string of the molecule is CC(C)=C1[C@H]2CC[C@@H]1[C@@H](C(=O)Nc1cc(C)cc(C)c1)[C@@H]2C(=O)[O-]. The Kier molecular flexibility index (Phi) is 4.24. The molecule has 24 heavy (non-hydrogen) atoms. The van der Waals surface area contributed by atoms with Crippen LogP contribution in [0.5, 0.6) is 0 Å². The summed E-state index contributed by atoms with van der Waals surface area (Å²) in [4.78, 5) is 24.6. The number of carbonyl (C=O) groups excluding carboxylic acids is 2. The molecule has 4 atom stereocenters. The summed E-state index contributed by atoms with van der Waals surface area (Å²) in [7, 11) is 0. The molecule has 4 heteroatoms. The Hall–Kier alpha value is -2.10. The van der Waals surface area contributed by atoms with Crippen LogP contribution in [0.2, 0.25) is 0 Å². The van der Waals surface area contributed by atoms with Crippen molar-refractivity contribution in [3.05, 3.63) is 40.5 Å². The Bertz CT molecular complexity index is 710. The third-order valence-electron chi connectivity index (χ3n) is 5.48. The van der Waals surface area contributed by atoms with Gasteiger partial charge in [-0.05, 0) is 75.6 Å². The van der Waals surface area contributed by atoms with Gasteiger partial charge in [-0.25, -0.2) is 0 Å². The molecule has 0 radical (unpaired) electrons. The maximum Gasteiger partial charge on any atom is 0.228 e. The van der Waals surface area contributed by atoms with Crippen LogP contribution in [0, 0.1) is 37.5 Å². The maximum atomic E-state index is 12.9. The van der Waals surface area contributed by atoms with E-state index in [9.17, 15) is 14.7 Å². The van der Waals surface area contributed by atoms with Gasteiger partial charge in [-0.15, -0.1) is 0 Å². The summed E-state index contributed by atoms with van der Waals surface area (Å²) < 4.78 is 0. The van der Waals surface area contributed by atoms with E-state index in [1.54, 1.807) is 0 Å². The van der Waals surface area contributed by atoms with Gasteiger partial charge in [0.2, 0.25) is 5.91 Å². The molecule has 2 aliphatic rings. The summed E-state index contributed by atoms with van der Waals surface area (Å²) in [6.07, 6.45) is 1.73. The molecule has 0 unspecified atom stereocenters. The van der Waals surface area contributed by atoms with Gasteiger partial charge >= 0.3 is 0 Å². The number of anilines is 1. The first kappa shape index (κ1) is 16.7. The van der Waals surface area contributed by atoms with E-state index in [2.05, 4.69) is 5.32 Å². The molecule has 0 aromatic heterocycles. The zero-order valence-corrected chi connectivity index (χ0v) is 14.7. The standard InChI is InChI=1S/C20H25NO3/c1-10(2)16-14-5-6-15(16)18(20(23)24)17(14)19(22)21-13-8-11(3)7-12(4)9-13/h7-9,14-15,17-18H,5-6H2,1-4H3,(H,21,22)(H,23,24)/p-1/t14-,15+,17+,18+/m0/s1.